The van der Waals surface area contributed by atoms with Crippen LogP contribution in [0.1, 0.15) is 19.4 Å². The van der Waals surface area contributed by atoms with Crippen LogP contribution in [0.3, 0.4) is 0 Å². The highest BCUT2D eigenvalue weighted by molar-refractivity contribution is 5.88. The second kappa shape index (κ2) is 9.82. The summed E-state index contributed by atoms with van der Waals surface area (Å²) in [5.41, 5.74) is 0.907. The van der Waals surface area contributed by atoms with E-state index in [2.05, 4.69) is 10.6 Å². The molecular weight excluding hydrogens is 372 g/mol. The summed E-state index contributed by atoms with van der Waals surface area (Å²) in [6.07, 6.45) is 0.241. The first-order valence-corrected chi connectivity index (χ1v) is 9.66. The standard InChI is InChI=1S/C22H26N2O5/c1-15(2)21(24-20(25)12-16-6-4-3-5-7-16)22(26)23-10-11-27-17-8-9-18-19(13-17)29-14-28-18/h3-9,13,15,21H,10-12,14H2,1-2H3,(H,23,26)(H,24,25). The first-order valence-electron chi connectivity index (χ1n) is 9.66. The molecule has 2 N–H and O–H groups in total. The second-order valence-corrected chi connectivity index (χ2v) is 7.11. The molecule has 0 aromatic heterocycles. The van der Waals surface area contributed by atoms with Gasteiger partial charge in [-0.25, -0.2) is 0 Å². The van der Waals surface area contributed by atoms with Crippen LogP contribution in [0.5, 0.6) is 17.2 Å². The highest BCUT2D eigenvalue weighted by atomic mass is 16.7. The predicted molar refractivity (Wildman–Crippen MR) is 108 cm³/mol. The maximum atomic E-state index is 12.5. The lowest BCUT2D eigenvalue weighted by Crippen LogP contribution is -2.50. The van der Waals surface area contributed by atoms with E-state index in [0.717, 1.165) is 5.56 Å². The summed E-state index contributed by atoms with van der Waals surface area (Å²) in [5, 5.41) is 5.65. The lowest BCUT2D eigenvalue weighted by atomic mass is 10.0. The van der Waals surface area contributed by atoms with Gasteiger partial charge in [0, 0.05) is 6.07 Å². The molecule has 7 heteroatoms. The SMILES string of the molecule is CC(C)C(NC(=O)Cc1ccccc1)C(=O)NCCOc1ccc2c(c1)OCO2. The number of fused-ring (bicyclic) bond motifs is 1. The van der Waals surface area contributed by atoms with Gasteiger partial charge in [0.2, 0.25) is 18.6 Å². The molecular formula is C22H26N2O5. The summed E-state index contributed by atoms with van der Waals surface area (Å²) in [6.45, 7) is 4.63. The van der Waals surface area contributed by atoms with E-state index in [9.17, 15) is 9.59 Å². The summed E-state index contributed by atoms with van der Waals surface area (Å²) in [7, 11) is 0. The van der Waals surface area contributed by atoms with Gasteiger partial charge >= 0.3 is 0 Å². The molecule has 0 radical (unpaired) electrons. The molecule has 3 rings (SSSR count). The Balaban J connectivity index is 1.43. The Labute approximate surface area is 170 Å². The van der Waals surface area contributed by atoms with E-state index in [4.69, 9.17) is 14.2 Å². The van der Waals surface area contributed by atoms with Crippen LogP contribution in [0.2, 0.25) is 0 Å². The molecule has 0 fully saturated rings. The third kappa shape index (κ3) is 5.88. The van der Waals surface area contributed by atoms with Gasteiger partial charge < -0.3 is 24.8 Å². The van der Waals surface area contributed by atoms with Crippen LogP contribution < -0.4 is 24.8 Å². The normalized spacial score (nSPS) is 13.1. The Bertz CT molecular complexity index is 838. The highest BCUT2D eigenvalue weighted by Crippen LogP contribution is 2.34. The number of nitrogens with one attached hydrogen (secondary N) is 2. The van der Waals surface area contributed by atoms with Crippen molar-refractivity contribution in [2.45, 2.75) is 26.3 Å². The van der Waals surface area contributed by atoms with Crippen molar-refractivity contribution in [2.24, 2.45) is 5.92 Å². The Morgan fingerprint density at radius 1 is 1.07 bits per heavy atom. The van der Waals surface area contributed by atoms with E-state index in [1.54, 1.807) is 18.2 Å². The van der Waals surface area contributed by atoms with Crippen molar-refractivity contribution in [2.75, 3.05) is 19.9 Å². The predicted octanol–water partition coefficient (Wildman–Crippen LogP) is 2.29. The molecule has 1 atom stereocenters. The topological polar surface area (TPSA) is 85.9 Å². The molecule has 2 amide bonds. The Morgan fingerprint density at radius 2 is 1.83 bits per heavy atom. The number of rotatable bonds is 9. The number of hydrogen-bond acceptors (Lipinski definition) is 5. The molecule has 7 nitrogen and oxygen atoms in total. The molecule has 1 unspecified atom stereocenters. The van der Waals surface area contributed by atoms with Gasteiger partial charge in [-0.15, -0.1) is 0 Å². The van der Waals surface area contributed by atoms with Crippen molar-refractivity contribution in [1.29, 1.82) is 0 Å². The number of amides is 2. The van der Waals surface area contributed by atoms with E-state index in [1.807, 2.05) is 44.2 Å². The number of ether oxygens (including phenoxy) is 3. The molecule has 1 aliphatic heterocycles. The van der Waals surface area contributed by atoms with Gasteiger partial charge in [-0.1, -0.05) is 44.2 Å². The quantitative estimate of drug-likeness (QED) is 0.633. The van der Waals surface area contributed by atoms with Crippen molar-refractivity contribution in [1.82, 2.24) is 10.6 Å². The molecule has 1 heterocycles. The fraction of sp³-hybridized carbons (Fsp3) is 0.364. The van der Waals surface area contributed by atoms with Crippen molar-refractivity contribution in [3.8, 4) is 17.2 Å². The van der Waals surface area contributed by atoms with Crippen LogP contribution in [0.15, 0.2) is 48.5 Å². The smallest absolute Gasteiger partial charge is 0.242 e. The van der Waals surface area contributed by atoms with E-state index in [0.29, 0.717) is 30.4 Å². The second-order valence-electron chi connectivity index (χ2n) is 7.11. The van der Waals surface area contributed by atoms with Gasteiger partial charge in [0.05, 0.1) is 13.0 Å². The molecule has 154 valence electrons. The van der Waals surface area contributed by atoms with Gasteiger partial charge in [0.25, 0.3) is 0 Å². The van der Waals surface area contributed by atoms with Gasteiger partial charge in [-0.2, -0.15) is 0 Å². The minimum Gasteiger partial charge on any atom is -0.492 e. The Morgan fingerprint density at radius 3 is 2.59 bits per heavy atom. The summed E-state index contributed by atoms with van der Waals surface area (Å²) >= 11 is 0. The van der Waals surface area contributed by atoms with E-state index >= 15 is 0 Å². The lowest BCUT2D eigenvalue weighted by Gasteiger charge is -2.22. The molecule has 2 aromatic carbocycles. The van der Waals surface area contributed by atoms with Crippen molar-refractivity contribution in [3.05, 3.63) is 54.1 Å². The summed E-state index contributed by atoms with van der Waals surface area (Å²) in [5.74, 6) is 1.53. The molecule has 0 aliphatic carbocycles. The maximum Gasteiger partial charge on any atom is 0.242 e. The van der Waals surface area contributed by atoms with Crippen molar-refractivity contribution < 1.29 is 23.8 Å². The largest absolute Gasteiger partial charge is 0.492 e. The number of hydrogen-bond donors (Lipinski definition) is 2. The summed E-state index contributed by atoms with van der Waals surface area (Å²) in [4.78, 5) is 24.8. The van der Waals surface area contributed by atoms with E-state index in [-0.39, 0.29) is 30.9 Å². The molecule has 2 aromatic rings. The zero-order valence-corrected chi connectivity index (χ0v) is 16.6. The molecule has 0 bridgehead atoms. The Hall–Kier alpha value is -3.22. The zero-order chi connectivity index (χ0) is 20.6. The van der Waals surface area contributed by atoms with Crippen LogP contribution in [0.25, 0.3) is 0 Å². The molecule has 1 aliphatic rings. The van der Waals surface area contributed by atoms with Crippen molar-refractivity contribution in [3.63, 3.8) is 0 Å². The van der Waals surface area contributed by atoms with Crippen LogP contribution in [0, 0.1) is 5.92 Å². The first-order chi connectivity index (χ1) is 14.0. The average molecular weight is 398 g/mol. The fourth-order valence-electron chi connectivity index (χ4n) is 2.96. The maximum absolute atomic E-state index is 12.5. The molecule has 29 heavy (non-hydrogen) atoms. The monoisotopic (exact) mass is 398 g/mol. The molecule has 0 saturated heterocycles. The number of carbonyl (C=O) groups is 2. The van der Waals surface area contributed by atoms with Crippen LogP contribution in [-0.4, -0.2) is 37.8 Å². The Kier molecular flexibility index (Phi) is 6.94. The summed E-state index contributed by atoms with van der Waals surface area (Å²) in [6, 6.07) is 14.2. The zero-order valence-electron chi connectivity index (χ0n) is 16.6. The first kappa shape index (κ1) is 20.5. The van der Waals surface area contributed by atoms with E-state index in [1.165, 1.54) is 0 Å². The van der Waals surface area contributed by atoms with Crippen LogP contribution >= 0.6 is 0 Å². The minimum absolute atomic E-state index is 0.0375. The highest BCUT2D eigenvalue weighted by Gasteiger charge is 2.24. The summed E-state index contributed by atoms with van der Waals surface area (Å²) < 4.78 is 16.2. The van der Waals surface area contributed by atoms with Gasteiger partial charge in [-0.05, 0) is 23.6 Å². The van der Waals surface area contributed by atoms with E-state index < -0.39 is 6.04 Å². The fourth-order valence-corrected chi connectivity index (χ4v) is 2.96. The third-order valence-corrected chi connectivity index (χ3v) is 4.49. The third-order valence-electron chi connectivity index (χ3n) is 4.49. The average Bonchev–Trinajstić information content (AvgIpc) is 3.17. The van der Waals surface area contributed by atoms with Crippen LogP contribution in [-0.2, 0) is 16.0 Å². The van der Waals surface area contributed by atoms with Gasteiger partial charge in [0.1, 0.15) is 18.4 Å². The molecule has 0 saturated carbocycles. The van der Waals surface area contributed by atoms with Gasteiger partial charge in [-0.3, -0.25) is 9.59 Å². The number of carbonyl (C=O) groups excluding carboxylic acids is 2. The van der Waals surface area contributed by atoms with Crippen LogP contribution in [0.4, 0.5) is 0 Å². The van der Waals surface area contributed by atoms with Gasteiger partial charge in [0.15, 0.2) is 11.5 Å². The molecule has 0 spiro atoms. The van der Waals surface area contributed by atoms with Crippen molar-refractivity contribution >= 4 is 11.8 Å². The number of benzene rings is 2. The lowest BCUT2D eigenvalue weighted by molar-refractivity contribution is -0.129. The minimum atomic E-state index is -0.600.